The highest BCUT2D eigenvalue weighted by Gasteiger charge is 2.26. The van der Waals surface area contributed by atoms with Gasteiger partial charge in [0.25, 0.3) is 5.91 Å². The van der Waals surface area contributed by atoms with E-state index in [0.29, 0.717) is 35.5 Å². The number of nitrogens with one attached hydrogen (secondary N) is 3. The lowest BCUT2D eigenvalue weighted by molar-refractivity contribution is -0.148. The number of H-pyrrole nitrogens is 1. The van der Waals surface area contributed by atoms with Crippen molar-refractivity contribution in [2.45, 2.75) is 25.8 Å². The zero-order valence-electron chi connectivity index (χ0n) is 19.0. The summed E-state index contributed by atoms with van der Waals surface area (Å²) in [5.41, 5.74) is 2.23. The van der Waals surface area contributed by atoms with E-state index in [9.17, 15) is 14.0 Å². The molecular weight excluding hydrogens is 461 g/mol. The normalized spacial score (nSPS) is 12.7. The van der Waals surface area contributed by atoms with E-state index in [1.165, 1.54) is 18.3 Å². The van der Waals surface area contributed by atoms with E-state index >= 15 is 0 Å². The van der Waals surface area contributed by atoms with Gasteiger partial charge in [-0.1, -0.05) is 41.1 Å². The first-order valence-corrected chi connectivity index (χ1v) is 11.3. The summed E-state index contributed by atoms with van der Waals surface area (Å²) in [4.78, 5) is 25.1. The number of nitrogens with zero attached hydrogens (tertiary/aromatic N) is 2. The smallest absolute Gasteiger partial charge is 0.310 e. The fourth-order valence-electron chi connectivity index (χ4n) is 3.70. The lowest BCUT2D eigenvalue weighted by Gasteiger charge is -2.23. The van der Waals surface area contributed by atoms with Crippen molar-refractivity contribution in [1.82, 2.24) is 26.0 Å². The van der Waals surface area contributed by atoms with Crippen LogP contribution in [0.4, 0.5) is 4.39 Å². The summed E-state index contributed by atoms with van der Waals surface area (Å²) >= 11 is 6.02. The predicted molar refractivity (Wildman–Crippen MR) is 127 cm³/mol. The van der Waals surface area contributed by atoms with E-state index in [2.05, 4.69) is 26.0 Å². The lowest BCUT2D eigenvalue weighted by atomic mass is 9.93. The molecule has 0 saturated carbocycles. The van der Waals surface area contributed by atoms with Crippen molar-refractivity contribution in [3.63, 3.8) is 0 Å². The summed E-state index contributed by atoms with van der Waals surface area (Å²) in [7, 11) is 1.75. The van der Waals surface area contributed by atoms with Gasteiger partial charge in [-0.25, -0.2) is 4.39 Å². The SMILES string of the molecule is CCOC(=O)[C@H](CNC)C[C@@H](Cc1ccc(-c2cc(Cl)ccc2F)cc1)NC(=O)c1cnn[nH]1. The van der Waals surface area contributed by atoms with Crippen LogP contribution in [0.1, 0.15) is 29.4 Å². The molecule has 1 aromatic heterocycles. The standard InChI is InChI=1S/C24H27ClFN5O3/c1-3-34-24(33)17(13-27-2)11-19(29-23(32)22-14-28-31-30-22)10-15-4-6-16(7-5-15)20-12-18(25)8-9-21(20)26/h4-9,12,14,17,19,27H,3,10-11,13H2,1-2H3,(H,29,32)(H,28,30,31)/t17-,19+/m0/s1. The average molecular weight is 488 g/mol. The van der Waals surface area contributed by atoms with E-state index in [4.69, 9.17) is 16.3 Å². The van der Waals surface area contributed by atoms with Gasteiger partial charge in [0.1, 0.15) is 11.5 Å². The van der Waals surface area contributed by atoms with Gasteiger partial charge in [0.05, 0.1) is 18.7 Å². The molecule has 0 radical (unpaired) electrons. The average Bonchev–Trinajstić information content (AvgIpc) is 3.36. The number of benzene rings is 2. The van der Waals surface area contributed by atoms with E-state index in [-0.39, 0.29) is 36.0 Å². The van der Waals surface area contributed by atoms with E-state index < -0.39 is 5.92 Å². The molecule has 0 fully saturated rings. The largest absolute Gasteiger partial charge is 0.466 e. The van der Waals surface area contributed by atoms with Crippen LogP contribution in [0.15, 0.2) is 48.7 Å². The second-order valence-corrected chi connectivity index (χ2v) is 8.24. The Bertz CT molecular complexity index is 1090. The van der Waals surface area contributed by atoms with E-state index in [1.54, 1.807) is 32.2 Å². The Balaban J connectivity index is 1.80. The maximum atomic E-state index is 14.2. The third-order valence-electron chi connectivity index (χ3n) is 5.31. The second-order valence-electron chi connectivity index (χ2n) is 7.81. The minimum Gasteiger partial charge on any atom is -0.466 e. The molecule has 0 aliphatic carbocycles. The van der Waals surface area contributed by atoms with Crippen molar-refractivity contribution in [3.8, 4) is 11.1 Å². The van der Waals surface area contributed by atoms with Gasteiger partial charge in [-0.15, -0.1) is 5.10 Å². The first kappa shape index (κ1) is 25.3. The maximum Gasteiger partial charge on any atom is 0.310 e. The summed E-state index contributed by atoms with van der Waals surface area (Å²) in [6.07, 6.45) is 2.14. The monoisotopic (exact) mass is 487 g/mol. The fourth-order valence-corrected chi connectivity index (χ4v) is 3.87. The minimum absolute atomic E-state index is 0.220. The number of rotatable bonds is 11. The number of carbonyl (C=O) groups excluding carboxylic acids is 2. The van der Waals surface area contributed by atoms with Crippen molar-refractivity contribution in [2.24, 2.45) is 5.92 Å². The molecule has 0 spiro atoms. The molecule has 0 saturated heterocycles. The highest BCUT2D eigenvalue weighted by atomic mass is 35.5. The van der Waals surface area contributed by atoms with Gasteiger partial charge in [0, 0.05) is 23.2 Å². The lowest BCUT2D eigenvalue weighted by Crippen LogP contribution is -2.41. The van der Waals surface area contributed by atoms with Gasteiger partial charge in [-0.3, -0.25) is 14.7 Å². The Morgan fingerprint density at radius 3 is 2.62 bits per heavy atom. The highest BCUT2D eigenvalue weighted by molar-refractivity contribution is 6.30. The van der Waals surface area contributed by atoms with Crippen molar-refractivity contribution < 1.29 is 18.7 Å². The molecule has 1 amide bonds. The van der Waals surface area contributed by atoms with Crippen LogP contribution < -0.4 is 10.6 Å². The topological polar surface area (TPSA) is 109 Å². The van der Waals surface area contributed by atoms with E-state index in [1.807, 2.05) is 12.1 Å². The molecule has 3 aromatic rings. The van der Waals surface area contributed by atoms with Crippen LogP contribution in [-0.2, 0) is 16.0 Å². The Morgan fingerprint density at radius 2 is 1.97 bits per heavy atom. The minimum atomic E-state index is -0.449. The first-order chi connectivity index (χ1) is 16.4. The zero-order valence-corrected chi connectivity index (χ0v) is 19.7. The summed E-state index contributed by atoms with van der Waals surface area (Å²) in [6, 6.07) is 11.4. The molecule has 8 nitrogen and oxygen atoms in total. The Hall–Kier alpha value is -3.30. The molecule has 3 rings (SSSR count). The summed E-state index contributed by atoms with van der Waals surface area (Å²) < 4.78 is 19.4. The molecule has 0 aliphatic rings. The maximum absolute atomic E-state index is 14.2. The number of ether oxygens (including phenoxy) is 1. The fraction of sp³-hybridized carbons (Fsp3) is 0.333. The number of esters is 1. The summed E-state index contributed by atoms with van der Waals surface area (Å²) in [6.45, 7) is 2.43. The van der Waals surface area contributed by atoms with Gasteiger partial charge >= 0.3 is 5.97 Å². The van der Waals surface area contributed by atoms with Crippen molar-refractivity contribution in [1.29, 1.82) is 0 Å². The Kier molecular flexibility index (Phi) is 9.12. The van der Waals surface area contributed by atoms with Gasteiger partial charge in [-0.2, -0.15) is 0 Å². The quantitative estimate of drug-likeness (QED) is 0.358. The third kappa shape index (κ3) is 6.85. The number of amides is 1. The molecule has 34 heavy (non-hydrogen) atoms. The van der Waals surface area contributed by atoms with Crippen molar-refractivity contribution >= 4 is 23.5 Å². The molecule has 3 N–H and O–H groups in total. The van der Waals surface area contributed by atoms with Crippen molar-refractivity contribution in [3.05, 3.63) is 70.8 Å². The third-order valence-corrected chi connectivity index (χ3v) is 5.54. The van der Waals surface area contributed by atoms with Crippen LogP contribution in [0.3, 0.4) is 0 Å². The van der Waals surface area contributed by atoms with E-state index in [0.717, 1.165) is 5.56 Å². The number of halogens is 2. The molecule has 1 heterocycles. The number of aromatic amines is 1. The zero-order chi connectivity index (χ0) is 24.5. The Morgan fingerprint density at radius 1 is 1.21 bits per heavy atom. The van der Waals surface area contributed by atoms with Crippen molar-refractivity contribution in [2.75, 3.05) is 20.2 Å². The second kappa shape index (κ2) is 12.2. The van der Waals surface area contributed by atoms with Crippen LogP contribution in [0.25, 0.3) is 11.1 Å². The van der Waals surface area contributed by atoms with Crippen LogP contribution in [0, 0.1) is 11.7 Å². The van der Waals surface area contributed by atoms with Gasteiger partial charge in [0.2, 0.25) is 0 Å². The summed E-state index contributed by atoms with van der Waals surface area (Å²) in [5, 5.41) is 16.2. The van der Waals surface area contributed by atoms with Crippen LogP contribution in [-0.4, -0.2) is 53.5 Å². The molecule has 10 heteroatoms. The van der Waals surface area contributed by atoms with Gasteiger partial charge < -0.3 is 15.4 Å². The van der Waals surface area contributed by atoms with Crippen LogP contribution in [0.2, 0.25) is 5.02 Å². The van der Waals surface area contributed by atoms with Crippen LogP contribution in [0.5, 0.6) is 0 Å². The molecule has 0 bridgehead atoms. The molecule has 180 valence electrons. The number of aromatic nitrogens is 3. The molecule has 2 atom stereocenters. The number of hydrogen-bond donors (Lipinski definition) is 3. The molecular formula is C24H27ClFN5O3. The molecule has 0 unspecified atom stereocenters. The van der Waals surface area contributed by atoms with Gasteiger partial charge in [-0.05, 0) is 56.1 Å². The molecule has 0 aliphatic heterocycles. The van der Waals surface area contributed by atoms with Gasteiger partial charge in [0.15, 0.2) is 0 Å². The van der Waals surface area contributed by atoms with Crippen LogP contribution >= 0.6 is 11.6 Å². The molecule has 2 aromatic carbocycles. The number of carbonyl (C=O) groups is 2. The number of hydrogen-bond acceptors (Lipinski definition) is 6. The highest BCUT2D eigenvalue weighted by Crippen LogP contribution is 2.26. The predicted octanol–water partition coefficient (Wildman–Crippen LogP) is 3.39. The Labute approximate surface area is 202 Å². The first-order valence-electron chi connectivity index (χ1n) is 10.9. The summed E-state index contributed by atoms with van der Waals surface area (Å²) in [5.74, 6) is -1.51.